The van der Waals surface area contributed by atoms with Gasteiger partial charge in [0.1, 0.15) is 0 Å². The second-order valence-corrected chi connectivity index (χ2v) is 2.68. The molecule has 2 amide bonds. The molecular weight excluding hydrogens is 186 g/mol. The Bertz CT molecular complexity index is 296. The Hall–Kier alpha value is -1.72. The second-order valence-electron chi connectivity index (χ2n) is 2.68. The van der Waals surface area contributed by atoms with Crippen molar-refractivity contribution in [3.8, 4) is 0 Å². The van der Waals surface area contributed by atoms with Crippen LogP contribution in [0.3, 0.4) is 0 Å². The molecule has 14 heavy (non-hydrogen) atoms. The van der Waals surface area contributed by atoms with Crippen molar-refractivity contribution in [2.75, 3.05) is 6.61 Å². The van der Waals surface area contributed by atoms with E-state index in [-0.39, 0.29) is 5.82 Å². The Morgan fingerprint density at radius 3 is 2.93 bits per heavy atom. The molecule has 1 rings (SSSR count). The van der Waals surface area contributed by atoms with Crippen LogP contribution in [0.25, 0.3) is 0 Å². The van der Waals surface area contributed by atoms with Crippen molar-refractivity contribution in [2.24, 2.45) is 10.2 Å². The van der Waals surface area contributed by atoms with E-state index in [0.717, 1.165) is 18.9 Å². The molecule has 0 aromatic rings. The molecule has 0 aliphatic carbocycles. The molecule has 0 fully saturated rings. The predicted octanol–water partition coefficient (Wildman–Crippen LogP) is 1.35. The van der Waals surface area contributed by atoms with Gasteiger partial charge in [-0.2, -0.15) is 0 Å². The lowest BCUT2D eigenvalue weighted by molar-refractivity contribution is -0.113. The highest BCUT2D eigenvalue weighted by Crippen LogP contribution is 2.03. The highest BCUT2D eigenvalue weighted by atomic mass is 16.5. The fraction of sp³-hybridized carbons (Fsp3) is 0.500. The van der Waals surface area contributed by atoms with Crippen LogP contribution in [0, 0.1) is 0 Å². The molecule has 0 aromatic heterocycles. The minimum Gasteiger partial charge on any atom is -0.449 e. The lowest BCUT2D eigenvalue weighted by atomic mass is 10.4. The molecule has 6 heteroatoms. The Morgan fingerprint density at radius 2 is 2.36 bits per heavy atom. The number of unbranched alkanes of at least 4 members (excludes halogenated alkanes) is 1. The molecule has 0 radical (unpaired) electrons. The maximum atomic E-state index is 11.0. The summed E-state index contributed by atoms with van der Waals surface area (Å²) in [5.74, 6) is -0.356. The molecule has 6 nitrogen and oxygen atoms in total. The van der Waals surface area contributed by atoms with Gasteiger partial charge in [0, 0.05) is 0 Å². The van der Waals surface area contributed by atoms with Crippen LogP contribution in [0.15, 0.2) is 22.1 Å². The molecule has 1 aliphatic heterocycles. The largest absolute Gasteiger partial charge is 0.449 e. The zero-order valence-corrected chi connectivity index (χ0v) is 7.82. The minimum absolute atomic E-state index is 0.122. The van der Waals surface area contributed by atoms with Crippen molar-refractivity contribution < 1.29 is 14.3 Å². The fourth-order valence-electron chi connectivity index (χ4n) is 0.789. The standard InChI is InChI=1S/C8H11N3O3/c1-2-3-4-14-8(13)9-6-5-7(12)11-10-6/h5H,2-4H2,1H3,(H,9,13). The van der Waals surface area contributed by atoms with E-state index in [2.05, 4.69) is 15.5 Å². The van der Waals surface area contributed by atoms with Crippen LogP contribution < -0.4 is 5.32 Å². The Morgan fingerprint density at radius 1 is 1.57 bits per heavy atom. The highest BCUT2D eigenvalue weighted by molar-refractivity contribution is 5.91. The molecule has 1 N–H and O–H groups in total. The summed E-state index contributed by atoms with van der Waals surface area (Å²) in [6, 6.07) is 0. The van der Waals surface area contributed by atoms with Gasteiger partial charge in [0.15, 0.2) is 5.82 Å². The van der Waals surface area contributed by atoms with Gasteiger partial charge < -0.3 is 4.74 Å². The van der Waals surface area contributed by atoms with E-state index in [4.69, 9.17) is 4.74 Å². The number of amides is 2. The van der Waals surface area contributed by atoms with Crippen LogP contribution in [-0.2, 0) is 9.53 Å². The molecule has 0 spiro atoms. The van der Waals surface area contributed by atoms with Crippen LogP contribution in [0.2, 0.25) is 0 Å². The third-order valence-electron chi connectivity index (χ3n) is 1.48. The lowest BCUT2D eigenvalue weighted by Gasteiger charge is -2.03. The van der Waals surface area contributed by atoms with Crippen LogP contribution in [0.1, 0.15) is 19.8 Å². The third kappa shape index (κ3) is 3.34. The first-order valence-electron chi connectivity index (χ1n) is 4.33. The second kappa shape index (κ2) is 5.11. The predicted molar refractivity (Wildman–Crippen MR) is 47.3 cm³/mol. The average Bonchev–Trinajstić information content (AvgIpc) is 2.52. The van der Waals surface area contributed by atoms with Gasteiger partial charge in [0.05, 0.1) is 12.7 Å². The van der Waals surface area contributed by atoms with Crippen molar-refractivity contribution in [1.82, 2.24) is 5.32 Å². The van der Waals surface area contributed by atoms with E-state index in [0.29, 0.717) is 6.61 Å². The highest BCUT2D eigenvalue weighted by Gasteiger charge is 2.11. The Labute approximate surface area is 81.0 Å². The van der Waals surface area contributed by atoms with Crippen molar-refractivity contribution in [3.63, 3.8) is 0 Å². The molecule has 0 unspecified atom stereocenters. The SMILES string of the molecule is CCCCOC(=O)NC1=CC(=O)N=N1. The van der Waals surface area contributed by atoms with Gasteiger partial charge in [-0.15, -0.1) is 10.2 Å². The van der Waals surface area contributed by atoms with E-state index < -0.39 is 12.0 Å². The van der Waals surface area contributed by atoms with Crippen LogP contribution in [-0.4, -0.2) is 18.6 Å². The third-order valence-corrected chi connectivity index (χ3v) is 1.48. The first-order chi connectivity index (χ1) is 6.72. The van der Waals surface area contributed by atoms with Gasteiger partial charge in [0.25, 0.3) is 5.91 Å². The van der Waals surface area contributed by atoms with Crippen LogP contribution in [0.5, 0.6) is 0 Å². The summed E-state index contributed by atoms with van der Waals surface area (Å²) >= 11 is 0. The van der Waals surface area contributed by atoms with E-state index in [1.54, 1.807) is 0 Å². The van der Waals surface area contributed by atoms with Gasteiger partial charge in [-0.1, -0.05) is 13.3 Å². The molecule has 0 atom stereocenters. The summed E-state index contributed by atoms with van der Waals surface area (Å²) in [6.07, 6.45) is 2.28. The van der Waals surface area contributed by atoms with E-state index in [1.165, 1.54) is 0 Å². The van der Waals surface area contributed by atoms with Gasteiger partial charge in [-0.25, -0.2) is 4.79 Å². The number of rotatable bonds is 4. The molecule has 0 saturated carbocycles. The molecule has 0 bridgehead atoms. The van der Waals surface area contributed by atoms with Gasteiger partial charge >= 0.3 is 6.09 Å². The summed E-state index contributed by atoms with van der Waals surface area (Å²) in [5.41, 5.74) is 0. The summed E-state index contributed by atoms with van der Waals surface area (Å²) in [7, 11) is 0. The molecule has 76 valence electrons. The number of nitrogens with zero attached hydrogens (tertiary/aromatic N) is 2. The number of ether oxygens (including phenoxy) is 1. The van der Waals surface area contributed by atoms with Crippen LogP contribution >= 0.6 is 0 Å². The number of hydrogen-bond donors (Lipinski definition) is 1. The van der Waals surface area contributed by atoms with Crippen molar-refractivity contribution >= 4 is 12.0 Å². The van der Waals surface area contributed by atoms with E-state index in [9.17, 15) is 9.59 Å². The fourth-order valence-corrected chi connectivity index (χ4v) is 0.789. The molecule has 1 aliphatic rings. The zero-order chi connectivity index (χ0) is 10.4. The summed E-state index contributed by atoms with van der Waals surface area (Å²) < 4.78 is 4.78. The monoisotopic (exact) mass is 197 g/mol. The van der Waals surface area contributed by atoms with E-state index in [1.807, 2.05) is 6.92 Å². The molecule has 0 saturated heterocycles. The molecular formula is C8H11N3O3. The molecule has 1 heterocycles. The van der Waals surface area contributed by atoms with Crippen molar-refractivity contribution in [1.29, 1.82) is 0 Å². The summed E-state index contributed by atoms with van der Waals surface area (Å²) in [6.45, 7) is 2.36. The quantitative estimate of drug-likeness (QED) is 0.690. The number of carbonyl (C=O) groups is 2. The van der Waals surface area contributed by atoms with Crippen molar-refractivity contribution in [2.45, 2.75) is 19.8 Å². The Balaban J connectivity index is 2.24. The van der Waals surface area contributed by atoms with Gasteiger partial charge in [0.2, 0.25) is 0 Å². The van der Waals surface area contributed by atoms with Gasteiger partial charge in [-0.05, 0) is 6.42 Å². The topological polar surface area (TPSA) is 80.1 Å². The maximum absolute atomic E-state index is 11.0. The number of carbonyl (C=O) groups excluding carboxylic acids is 2. The minimum atomic E-state index is -0.613. The smallest absolute Gasteiger partial charge is 0.412 e. The molecule has 0 aromatic carbocycles. The maximum Gasteiger partial charge on any atom is 0.412 e. The average molecular weight is 197 g/mol. The van der Waals surface area contributed by atoms with Crippen LogP contribution in [0.4, 0.5) is 4.79 Å². The number of hydrogen-bond acceptors (Lipinski definition) is 4. The number of nitrogens with one attached hydrogen (secondary N) is 1. The lowest BCUT2D eigenvalue weighted by Crippen LogP contribution is -2.22. The number of azo groups is 1. The van der Waals surface area contributed by atoms with Crippen molar-refractivity contribution in [3.05, 3.63) is 11.9 Å². The van der Waals surface area contributed by atoms with Gasteiger partial charge in [-0.3, -0.25) is 10.1 Å². The first-order valence-corrected chi connectivity index (χ1v) is 4.33. The normalized spacial score (nSPS) is 14.1. The number of alkyl carbamates (subject to hydrolysis) is 1. The summed E-state index contributed by atoms with van der Waals surface area (Å²) in [4.78, 5) is 21.6. The summed E-state index contributed by atoms with van der Waals surface area (Å²) in [5, 5.41) is 8.89. The zero-order valence-electron chi connectivity index (χ0n) is 7.82. The Kier molecular flexibility index (Phi) is 3.78. The van der Waals surface area contributed by atoms with E-state index >= 15 is 0 Å². The first kappa shape index (κ1) is 10.4.